The van der Waals surface area contributed by atoms with Crippen molar-refractivity contribution in [2.45, 2.75) is 26.8 Å². The first kappa shape index (κ1) is 15.4. The minimum absolute atomic E-state index is 0.511. The molecule has 0 saturated heterocycles. The Morgan fingerprint density at radius 1 is 1.42 bits per heavy atom. The average Bonchev–Trinajstić information content (AvgIpc) is 2.81. The summed E-state index contributed by atoms with van der Waals surface area (Å²) in [5, 5.41) is 14.3. The molecule has 0 aromatic carbocycles. The summed E-state index contributed by atoms with van der Waals surface area (Å²) in [5.74, 6) is 1.63. The van der Waals surface area contributed by atoms with Gasteiger partial charge < -0.3 is 19.9 Å². The average molecular weight is 268 g/mol. The van der Waals surface area contributed by atoms with Gasteiger partial charge in [0.2, 0.25) is 0 Å². The van der Waals surface area contributed by atoms with Gasteiger partial charge in [0.25, 0.3) is 0 Å². The molecule has 7 heteroatoms. The Hall–Kier alpha value is -1.63. The number of guanidine groups is 1. The number of nitrogens with zero attached hydrogens (tertiary/aromatic N) is 4. The van der Waals surface area contributed by atoms with Crippen molar-refractivity contribution in [3.05, 3.63) is 12.2 Å². The Balaban J connectivity index is 2.36. The molecule has 0 aliphatic rings. The molecule has 0 amide bonds. The van der Waals surface area contributed by atoms with Crippen LogP contribution in [-0.4, -0.2) is 47.0 Å². The van der Waals surface area contributed by atoms with E-state index in [1.54, 1.807) is 6.33 Å². The van der Waals surface area contributed by atoms with Crippen molar-refractivity contribution >= 4 is 5.96 Å². The zero-order valence-corrected chi connectivity index (χ0v) is 12.0. The van der Waals surface area contributed by atoms with Crippen molar-refractivity contribution in [3.8, 4) is 0 Å². The largest absolute Gasteiger partial charge is 0.382 e. The Kier molecular flexibility index (Phi) is 7.57. The van der Waals surface area contributed by atoms with E-state index in [2.05, 4.69) is 25.8 Å². The van der Waals surface area contributed by atoms with Crippen LogP contribution in [-0.2, 0) is 18.3 Å². The van der Waals surface area contributed by atoms with Gasteiger partial charge in [-0.3, -0.25) is 0 Å². The van der Waals surface area contributed by atoms with Crippen LogP contribution in [0, 0.1) is 0 Å². The number of hydrogen-bond donors (Lipinski definition) is 2. The van der Waals surface area contributed by atoms with Gasteiger partial charge in [-0.05, 0) is 20.3 Å². The fourth-order valence-corrected chi connectivity index (χ4v) is 1.47. The minimum Gasteiger partial charge on any atom is -0.382 e. The van der Waals surface area contributed by atoms with Crippen LogP contribution in [0.15, 0.2) is 11.3 Å². The Morgan fingerprint density at radius 2 is 2.26 bits per heavy atom. The SMILES string of the molecule is CCNC(=NCc1nncn1C)NCCCOCC. The van der Waals surface area contributed by atoms with Crippen LogP contribution in [0.4, 0.5) is 0 Å². The zero-order valence-electron chi connectivity index (χ0n) is 12.0. The van der Waals surface area contributed by atoms with Gasteiger partial charge in [0.15, 0.2) is 11.8 Å². The molecule has 0 saturated carbocycles. The normalized spacial score (nSPS) is 11.6. The van der Waals surface area contributed by atoms with Gasteiger partial charge >= 0.3 is 0 Å². The number of aromatic nitrogens is 3. The lowest BCUT2D eigenvalue weighted by Crippen LogP contribution is -2.38. The van der Waals surface area contributed by atoms with Gasteiger partial charge in [-0.1, -0.05) is 0 Å². The first-order valence-corrected chi connectivity index (χ1v) is 6.70. The second-order valence-electron chi connectivity index (χ2n) is 4.03. The number of hydrogen-bond acceptors (Lipinski definition) is 4. The van der Waals surface area contributed by atoms with E-state index >= 15 is 0 Å². The highest BCUT2D eigenvalue weighted by molar-refractivity contribution is 5.79. The van der Waals surface area contributed by atoms with E-state index in [0.717, 1.165) is 44.5 Å². The molecule has 0 atom stereocenters. The predicted octanol–water partition coefficient (Wildman–Crippen LogP) is 0.297. The molecular weight excluding hydrogens is 244 g/mol. The van der Waals surface area contributed by atoms with Crippen molar-refractivity contribution in [1.82, 2.24) is 25.4 Å². The van der Waals surface area contributed by atoms with E-state index in [1.165, 1.54) is 0 Å². The van der Waals surface area contributed by atoms with Gasteiger partial charge in [0.05, 0.1) is 0 Å². The van der Waals surface area contributed by atoms with Crippen molar-refractivity contribution in [2.24, 2.45) is 12.0 Å². The van der Waals surface area contributed by atoms with Crippen LogP contribution >= 0.6 is 0 Å². The third-order valence-electron chi connectivity index (χ3n) is 2.49. The van der Waals surface area contributed by atoms with E-state index in [1.807, 2.05) is 25.5 Å². The second-order valence-corrected chi connectivity index (χ2v) is 4.03. The van der Waals surface area contributed by atoms with Crippen molar-refractivity contribution < 1.29 is 4.74 Å². The van der Waals surface area contributed by atoms with Gasteiger partial charge in [-0.25, -0.2) is 4.99 Å². The van der Waals surface area contributed by atoms with E-state index in [0.29, 0.717) is 6.54 Å². The summed E-state index contributed by atoms with van der Waals surface area (Å²) < 4.78 is 7.15. The molecule has 0 unspecified atom stereocenters. The number of rotatable bonds is 8. The fourth-order valence-electron chi connectivity index (χ4n) is 1.47. The van der Waals surface area contributed by atoms with Crippen LogP contribution in [0.2, 0.25) is 0 Å². The highest BCUT2D eigenvalue weighted by Gasteiger charge is 2.01. The van der Waals surface area contributed by atoms with Crippen molar-refractivity contribution in [1.29, 1.82) is 0 Å². The minimum atomic E-state index is 0.511. The molecule has 0 fully saturated rings. The predicted molar refractivity (Wildman–Crippen MR) is 74.9 cm³/mol. The number of aliphatic imine (C=N–C) groups is 1. The van der Waals surface area contributed by atoms with Crippen LogP contribution in [0.5, 0.6) is 0 Å². The fraction of sp³-hybridized carbons (Fsp3) is 0.750. The number of aryl methyl sites for hydroxylation is 1. The molecule has 0 radical (unpaired) electrons. The molecule has 1 rings (SSSR count). The molecule has 19 heavy (non-hydrogen) atoms. The first-order valence-electron chi connectivity index (χ1n) is 6.70. The quantitative estimate of drug-likeness (QED) is 0.403. The van der Waals surface area contributed by atoms with E-state index in [9.17, 15) is 0 Å². The smallest absolute Gasteiger partial charge is 0.191 e. The third kappa shape index (κ3) is 6.19. The summed E-state index contributed by atoms with van der Waals surface area (Å²) in [4.78, 5) is 4.46. The molecule has 1 heterocycles. The van der Waals surface area contributed by atoms with Gasteiger partial charge in [-0.2, -0.15) is 0 Å². The molecule has 0 bridgehead atoms. The molecule has 0 aliphatic carbocycles. The molecule has 7 nitrogen and oxygen atoms in total. The molecule has 108 valence electrons. The van der Waals surface area contributed by atoms with Crippen LogP contribution in [0.1, 0.15) is 26.1 Å². The summed E-state index contributed by atoms with van der Waals surface area (Å²) in [6.45, 7) is 7.75. The van der Waals surface area contributed by atoms with Crippen LogP contribution in [0.25, 0.3) is 0 Å². The highest BCUT2D eigenvalue weighted by atomic mass is 16.5. The lowest BCUT2D eigenvalue weighted by molar-refractivity contribution is 0.145. The number of ether oxygens (including phenoxy) is 1. The van der Waals surface area contributed by atoms with E-state index in [-0.39, 0.29) is 0 Å². The standard InChI is InChI=1S/C12H24N6O/c1-4-13-12(14-7-6-8-19-5-2)15-9-11-17-16-10-18(11)3/h10H,4-9H2,1-3H3,(H2,13,14,15). The maximum absolute atomic E-state index is 5.29. The van der Waals surface area contributed by atoms with Gasteiger partial charge in [0.1, 0.15) is 12.9 Å². The second kappa shape index (κ2) is 9.32. The van der Waals surface area contributed by atoms with Crippen LogP contribution in [0.3, 0.4) is 0 Å². The molecule has 1 aromatic rings. The molecule has 0 spiro atoms. The van der Waals surface area contributed by atoms with Crippen molar-refractivity contribution in [2.75, 3.05) is 26.3 Å². The Bertz CT molecular complexity index is 376. The first-order chi connectivity index (χ1) is 9.27. The Morgan fingerprint density at radius 3 is 2.89 bits per heavy atom. The van der Waals surface area contributed by atoms with E-state index in [4.69, 9.17) is 4.74 Å². The van der Waals surface area contributed by atoms with E-state index < -0.39 is 0 Å². The monoisotopic (exact) mass is 268 g/mol. The summed E-state index contributed by atoms with van der Waals surface area (Å²) in [6.07, 6.45) is 2.63. The van der Waals surface area contributed by atoms with Gasteiger partial charge in [-0.15, -0.1) is 10.2 Å². The third-order valence-corrected chi connectivity index (χ3v) is 2.49. The summed E-state index contributed by atoms with van der Waals surface area (Å²) in [7, 11) is 1.91. The van der Waals surface area contributed by atoms with Gasteiger partial charge in [0, 0.05) is 33.4 Å². The Labute approximate surface area is 114 Å². The lowest BCUT2D eigenvalue weighted by Gasteiger charge is -2.11. The molecular formula is C12H24N6O. The topological polar surface area (TPSA) is 76.4 Å². The summed E-state index contributed by atoms with van der Waals surface area (Å²) >= 11 is 0. The number of nitrogens with one attached hydrogen (secondary N) is 2. The summed E-state index contributed by atoms with van der Waals surface area (Å²) in [6, 6.07) is 0. The maximum Gasteiger partial charge on any atom is 0.191 e. The molecule has 2 N–H and O–H groups in total. The summed E-state index contributed by atoms with van der Waals surface area (Å²) in [5.41, 5.74) is 0. The van der Waals surface area contributed by atoms with Crippen LogP contribution < -0.4 is 10.6 Å². The zero-order chi connectivity index (χ0) is 13.9. The molecule has 1 aromatic heterocycles. The van der Waals surface area contributed by atoms with Crippen molar-refractivity contribution in [3.63, 3.8) is 0 Å². The maximum atomic E-state index is 5.29. The lowest BCUT2D eigenvalue weighted by atomic mass is 10.4. The highest BCUT2D eigenvalue weighted by Crippen LogP contribution is 1.93. The molecule has 0 aliphatic heterocycles.